The van der Waals surface area contributed by atoms with Gasteiger partial charge in [0.25, 0.3) is 0 Å². The van der Waals surface area contributed by atoms with E-state index in [9.17, 15) is 4.79 Å². The van der Waals surface area contributed by atoms with Crippen LogP contribution < -0.4 is 4.74 Å². The molecule has 5 rings (SSSR count). The smallest absolute Gasteiger partial charge is 0.249 e. The Hall–Kier alpha value is -3.15. The predicted molar refractivity (Wildman–Crippen MR) is 116 cm³/mol. The summed E-state index contributed by atoms with van der Waals surface area (Å²) in [6.07, 6.45) is 4.19. The third-order valence-corrected chi connectivity index (χ3v) is 6.35. The molecule has 2 heterocycles. The maximum atomic E-state index is 13.5. The van der Waals surface area contributed by atoms with Crippen molar-refractivity contribution in [3.8, 4) is 5.75 Å². The predicted octanol–water partition coefficient (Wildman–Crippen LogP) is 4.39. The number of aryl methyl sites for hydroxylation is 1. The van der Waals surface area contributed by atoms with E-state index in [0.717, 1.165) is 49.1 Å². The van der Waals surface area contributed by atoms with Gasteiger partial charge in [-0.25, -0.2) is 0 Å². The number of carbonyl (C=O) groups is 1. The van der Waals surface area contributed by atoms with Gasteiger partial charge in [-0.15, -0.1) is 0 Å². The van der Waals surface area contributed by atoms with Gasteiger partial charge in [0.15, 0.2) is 5.82 Å². The van der Waals surface area contributed by atoms with Crippen LogP contribution in [0.1, 0.15) is 54.6 Å². The number of hydrogen-bond acceptors (Lipinski definition) is 5. The van der Waals surface area contributed by atoms with Crippen LogP contribution in [0.5, 0.6) is 5.75 Å². The van der Waals surface area contributed by atoms with Crippen molar-refractivity contribution in [3.05, 3.63) is 77.4 Å². The molecule has 2 aliphatic rings. The van der Waals surface area contributed by atoms with Gasteiger partial charge in [0.2, 0.25) is 11.8 Å². The third-order valence-electron chi connectivity index (χ3n) is 6.35. The van der Waals surface area contributed by atoms with Crippen LogP contribution in [0.2, 0.25) is 0 Å². The van der Waals surface area contributed by atoms with Gasteiger partial charge < -0.3 is 14.2 Å². The quantitative estimate of drug-likeness (QED) is 0.570. The van der Waals surface area contributed by atoms with E-state index in [-0.39, 0.29) is 17.4 Å². The Morgan fingerprint density at radius 3 is 2.81 bits per heavy atom. The van der Waals surface area contributed by atoms with Crippen molar-refractivity contribution in [2.24, 2.45) is 0 Å². The molecular formula is C25H27N3O3. The summed E-state index contributed by atoms with van der Waals surface area (Å²) in [7, 11) is 0. The van der Waals surface area contributed by atoms with Crippen molar-refractivity contribution in [1.82, 2.24) is 15.0 Å². The highest BCUT2D eigenvalue weighted by Crippen LogP contribution is 2.51. The van der Waals surface area contributed by atoms with E-state index in [0.29, 0.717) is 24.7 Å². The van der Waals surface area contributed by atoms with Gasteiger partial charge >= 0.3 is 0 Å². The second-order valence-electron chi connectivity index (χ2n) is 8.57. The van der Waals surface area contributed by atoms with Crippen LogP contribution in [0, 0.1) is 6.92 Å². The van der Waals surface area contributed by atoms with Gasteiger partial charge in [-0.2, -0.15) is 4.98 Å². The highest BCUT2D eigenvalue weighted by Gasteiger charge is 2.54. The average molecular weight is 418 g/mol. The topological polar surface area (TPSA) is 68.5 Å². The van der Waals surface area contributed by atoms with Gasteiger partial charge in [0.1, 0.15) is 11.8 Å². The minimum atomic E-state index is -0.367. The molecule has 6 heteroatoms. The maximum absolute atomic E-state index is 13.5. The number of hydrogen-bond donors (Lipinski definition) is 0. The largest absolute Gasteiger partial charge is 0.493 e. The molecule has 1 saturated heterocycles. The highest BCUT2D eigenvalue weighted by atomic mass is 16.5. The van der Waals surface area contributed by atoms with E-state index in [2.05, 4.69) is 22.3 Å². The second kappa shape index (κ2) is 8.17. The Morgan fingerprint density at radius 2 is 2.03 bits per heavy atom. The lowest BCUT2D eigenvalue weighted by molar-refractivity contribution is -0.135. The fourth-order valence-electron chi connectivity index (χ4n) is 4.52. The number of benzene rings is 2. The number of aromatic nitrogens is 2. The molecule has 0 N–H and O–H groups in total. The van der Waals surface area contributed by atoms with Crippen LogP contribution in [0.25, 0.3) is 0 Å². The minimum absolute atomic E-state index is 0.132. The van der Waals surface area contributed by atoms with Crippen LogP contribution in [-0.4, -0.2) is 34.1 Å². The summed E-state index contributed by atoms with van der Waals surface area (Å²) in [6.45, 7) is 3.26. The Balaban J connectivity index is 1.24. The zero-order valence-corrected chi connectivity index (χ0v) is 17.8. The van der Waals surface area contributed by atoms with Crippen molar-refractivity contribution in [1.29, 1.82) is 0 Å². The van der Waals surface area contributed by atoms with Crippen LogP contribution in [0.3, 0.4) is 0 Å². The summed E-state index contributed by atoms with van der Waals surface area (Å²) in [4.78, 5) is 20.0. The van der Waals surface area contributed by atoms with Crippen LogP contribution in [0.4, 0.5) is 0 Å². The molecular weight excluding hydrogens is 390 g/mol. The van der Waals surface area contributed by atoms with Gasteiger partial charge in [-0.3, -0.25) is 4.79 Å². The van der Waals surface area contributed by atoms with Crippen molar-refractivity contribution >= 4 is 5.91 Å². The first-order chi connectivity index (χ1) is 15.2. The summed E-state index contributed by atoms with van der Waals surface area (Å²) in [5.74, 6) is 2.20. The summed E-state index contributed by atoms with van der Waals surface area (Å²) < 4.78 is 11.4. The molecule has 1 unspecified atom stereocenters. The van der Waals surface area contributed by atoms with E-state index < -0.39 is 0 Å². The summed E-state index contributed by atoms with van der Waals surface area (Å²) in [5, 5.41) is 4.14. The molecule has 2 fully saturated rings. The molecule has 1 amide bonds. The van der Waals surface area contributed by atoms with Gasteiger partial charge in [-0.05, 0) is 55.9 Å². The lowest BCUT2D eigenvalue weighted by Crippen LogP contribution is -2.39. The van der Waals surface area contributed by atoms with Gasteiger partial charge in [0, 0.05) is 13.0 Å². The lowest BCUT2D eigenvalue weighted by atomic mass is 9.94. The van der Waals surface area contributed by atoms with Crippen molar-refractivity contribution in [2.75, 3.05) is 13.2 Å². The van der Waals surface area contributed by atoms with Gasteiger partial charge in [0.05, 0.1) is 12.0 Å². The third kappa shape index (κ3) is 3.94. The highest BCUT2D eigenvalue weighted by molar-refractivity contribution is 5.91. The maximum Gasteiger partial charge on any atom is 0.249 e. The average Bonchev–Trinajstić information content (AvgIpc) is 3.22. The Labute approximate surface area is 182 Å². The van der Waals surface area contributed by atoms with Gasteiger partial charge in [-0.1, -0.05) is 47.6 Å². The minimum Gasteiger partial charge on any atom is -0.493 e. The van der Waals surface area contributed by atoms with Crippen molar-refractivity contribution < 1.29 is 14.1 Å². The Bertz CT molecular complexity index is 1060. The fourth-order valence-corrected chi connectivity index (χ4v) is 4.52. The molecule has 6 nitrogen and oxygen atoms in total. The Morgan fingerprint density at radius 1 is 1.19 bits per heavy atom. The zero-order valence-electron chi connectivity index (χ0n) is 17.8. The molecule has 160 valence electrons. The van der Waals surface area contributed by atoms with E-state index >= 15 is 0 Å². The van der Waals surface area contributed by atoms with E-state index in [1.54, 1.807) is 0 Å². The summed E-state index contributed by atoms with van der Waals surface area (Å²) >= 11 is 0. The number of ether oxygens (including phenoxy) is 1. The van der Waals surface area contributed by atoms with Crippen molar-refractivity contribution in [3.63, 3.8) is 0 Å². The Kier molecular flexibility index (Phi) is 5.22. The van der Waals surface area contributed by atoms with Crippen LogP contribution in [-0.2, 0) is 16.6 Å². The first kappa shape index (κ1) is 19.8. The molecule has 1 aliphatic heterocycles. The molecule has 1 aromatic heterocycles. The first-order valence-electron chi connectivity index (χ1n) is 11.0. The molecule has 1 saturated carbocycles. The first-order valence-corrected chi connectivity index (χ1v) is 11.0. The lowest BCUT2D eigenvalue weighted by Gasteiger charge is -2.27. The van der Waals surface area contributed by atoms with E-state index in [1.165, 1.54) is 0 Å². The molecule has 1 aliphatic carbocycles. The normalized spacial score (nSPS) is 19.4. The standard InChI is InChI=1S/C25H27N3O3/c1-18-7-5-10-20(17-18)30-16-12-22-26-23(31-27-22)21-11-6-15-28(21)24(29)25(13-14-25)19-8-3-2-4-9-19/h2-5,7-10,17,21H,6,11-16H2,1H3. The number of amides is 1. The number of likely N-dealkylation sites (tertiary alicyclic amines) is 1. The molecule has 31 heavy (non-hydrogen) atoms. The fraction of sp³-hybridized carbons (Fsp3) is 0.400. The number of nitrogens with zero attached hydrogens (tertiary/aromatic N) is 3. The molecule has 0 bridgehead atoms. The van der Waals surface area contributed by atoms with Crippen LogP contribution >= 0.6 is 0 Å². The van der Waals surface area contributed by atoms with Crippen molar-refractivity contribution in [2.45, 2.75) is 50.5 Å². The number of rotatable bonds is 7. The molecule has 0 spiro atoms. The molecule has 0 radical (unpaired) electrons. The summed E-state index contributed by atoms with van der Waals surface area (Å²) in [6, 6.07) is 18.0. The monoisotopic (exact) mass is 417 g/mol. The SMILES string of the molecule is Cc1cccc(OCCc2noc(C3CCCN3C(=O)C3(c4ccccc4)CC3)n2)c1. The van der Waals surface area contributed by atoms with E-state index in [1.807, 2.05) is 54.3 Å². The summed E-state index contributed by atoms with van der Waals surface area (Å²) in [5.41, 5.74) is 1.91. The molecule has 1 atom stereocenters. The zero-order chi connectivity index (χ0) is 21.3. The second-order valence-corrected chi connectivity index (χ2v) is 8.57. The number of carbonyl (C=O) groups excluding carboxylic acids is 1. The van der Waals surface area contributed by atoms with Crippen LogP contribution in [0.15, 0.2) is 59.1 Å². The van der Waals surface area contributed by atoms with E-state index in [4.69, 9.17) is 9.26 Å². The molecule has 3 aromatic rings. The molecule has 2 aromatic carbocycles.